The molecule has 2 heterocycles. The lowest BCUT2D eigenvalue weighted by Crippen LogP contribution is -2.41. The Morgan fingerprint density at radius 1 is 1.25 bits per heavy atom. The van der Waals surface area contributed by atoms with Gasteiger partial charge >= 0.3 is 11.6 Å². The largest absolute Gasteiger partial charge is 0.472 e. The van der Waals surface area contributed by atoms with Gasteiger partial charge in [0.15, 0.2) is 8.32 Å². The van der Waals surface area contributed by atoms with Crippen LogP contribution in [0.1, 0.15) is 38.6 Å². The number of aromatic nitrogens is 3. The van der Waals surface area contributed by atoms with Gasteiger partial charge in [-0.3, -0.25) is 15.1 Å². The van der Waals surface area contributed by atoms with Gasteiger partial charge in [-0.05, 0) is 44.1 Å². The lowest BCUT2D eigenvalue weighted by molar-refractivity contribution is -0.386. The topological polar surface area (TPSA) is 92.3 Å². The Labute approximate surface area is 167 Å². The fraction of sp³-hybridized carbons (Fsp3) is 0.579. The predicted octanol–water partition coefficient (Wildman–Crippen LogP) is 4.58. The summed E-state index contributed by atoms with van der Waals surface area (Å²) in [6.07, 6.45) is 2.31. The molecule has 2 aromatic heterocycles. The van der Waals surface area contributed by atoms with E-state index in [0.717, 1.165) is 5.69 Å². The Morgan fingerprint density at radius 3 is 2.50 bits per heavy atom. The van der Waals surface area contributed by atoms with Crippen LogP contribution in [0.3, 0.4) is 0 Å². The predicted molar refractivity (Wildman–Crippen MR) is 111 cm³/mol. The molecule has 9 heteroatoms. The zero-order valence-electron chi connectivity index (χ0n) is 17.8. The summed E-state index contributed by atoms with van der Waals surface area (Å²) in [7, 11) is -1.81. The smallest absolute Gasteiger partial charge is 0.353 e. The molecule has 154 valence electrons. The van der Waals surface area contributed by atoms with E-state index in [2.05, 4.69) is 43.9 Å². The fourth-order valence-electron chi connectivity index (χ4n) is 2.48. The third-order valence-corrected chi connectivity index (χ3v) is 9.78. The molecule has 0 N–H and O–H groups in total. The van der Waals surface area contributed by atoms with Crippen molar-refractivity contribution in [2.45, 2.75) is 59.2 Å². The van der Waals surface area contributed by atoms with Gasteiger partial charge in [0, 0.05) is 19.2 Å². The summed E-state index contributed by atoms with van der Waals surface area (Å²) in [6, 6.07) is 3.59. The summed E-state index contributed by atoms with van der Waals surface area (Å²) in [5.74, 6) is 0.0260. The van der Waals surface area contributed by atoms with Crippen LogP contribution in [0.25, 0.3) is 5.69 Å². The molecule has 0 spiro atoms. The molecule has 0 aliphatic heterocycles. The van der Waals surface area contributed by atoms with E-state index in [4.69, 9.17) is 9.16 Å². The van der Waals surface area contributed by atoms with Gasteiger partial charge in [0.2, 0.25) is 0 Å². The van der Waals surface area contributed by atoms with Gasteiger partial charge in [-0.1, -0.05) is 20.8 Å². The maximum atomic E-state index is 11.5. The quantitative estimate of drug-likeness (QED) is 0.276. The highest BCUT2D eigenvalue weighted by atomic mass is 28.4. The molecule has 0 amide bonds. The molecule has 0 aromatic carbocycles. The van der Waals surface area contributed by atoms with Crippen molar-refractivity contribution >= 4 is 14.0 Å². The van der Waals surface area contributed by atoms with E-state index >= 15 is 0 Å². The number of rotatable bonds is 8. The average molecular weight is 407 g/mol. The summed E-state index contributed by atoms with van der Waals surface area (Å²) in [6.45, 7) is 15.3. The molecule has 2 aromatic rings. The van der Waals surface area contributed by atoms with Crippen LogP contribution in [-0.2, 0) is 4.43 Å². The molecule has 28 heavy (non-hydrogen) atoms. The van der Waals surface area contributed by atoms with Crippen LogP contribution in [0, 0.1) is 24.0 Å². The van der Waals surface area contributed by atoms with Crippen LogP contribution in [0.15, 0.2) is 18.3 Å². The third-order valence-electron chi connectivity index (χ3n) is 5.24. The highest BCUT2D eigenvalue weighted by molar-refractivity contribution is 6.74. The number of nitro groups is 1. The monoisotopic (exact) mass is 406 g/mol. The Balaban J connectivity index is 2.09. The molecule has 0 atom stereocenters. The third kappa shape index (κ3) is 4.77. The van der Waals surface area contributed by atoms with Crippen molar-refractivity contribution in [1.82, 2.24) is 14.8 Å². The Kier molecular flexibility index (Phi) is 6.61. The molecular formula is C19H30N4O4Si. The number of nitrogens with zero attached hydrogens (tertiary/aromatic N) is 4. The Hall–Kier alpha value is -2.26. The summed E-state index contributed by atoms with van der Waals surface area (Å²) in [4.78, 5) is 15.3. The first-order valence-electron chi connectivity index (χ1n) is 9.38. The summed E-state index contributed by atoms with van der Waals surface area (Å²) < 4.78 is 13.3. The van der Waals surface area contributed by atoms with Crippen molar-refractivity contribution in [2.75, 3.05) is 13.2 Å². The SMILES string of the molecule is Cc1ncccc1-n1nc(OCCCO[Si](C)(C)C(C)(C)C)c([N+](=O)[O-])c1C. The molecule has 0 bridgehead atoms. The second-order valence-electron chi connectivity index (χ2n) is 8.33. The number of pyridine rings is 1. The van der Waals surface area contributed by atoms with E-state index in [1.807, 2.05) is 13.0 Å². The first-order valence-corrected chi connectivity index (χ1v) is 12.3. The number of ether oxygens (including phenoxy) is 1. The van der Waals surface area contributed by atoms with Gasteiger partial charge in [0.25, 0.3) is 0 Å². The van der Waals surface area contributed by atoms with Crippen LogP contribution in [-0.4, -0.2) is 41.2 Å². The second kappa shape index (κ2) is 8.40. The normalized spacial score (nSPS) is 12.2. The molecule has 8 nitrogen and oxygen atoms in total. The molecular weight excluding hydrogens is 376 g/mol. The first-order chi connectivity index (χ1) is 13.0. The second-order valence-corrected chi connectivity index (χ2v) is 13.1. The average Bonchev–Trinajstić information content (AvgIpc) is 2.90. The minimum absolute atomic E-state index is 0.0260. The lowest BCUT2D eigenvalue weighted by atomic mass is 10.2. The van der Waals surface area contributed by atoms with E-state index in [-0.39, 0.29) is 16.6 Å². The number of hydrogen-bond donors (Lipinski definition) is 0. The Bertz CT molecular complexity index is 843. The van der Waals surface area contributed by atoms with Gasteiger partial charge in [-0.2, -0.15) is 0 Å². The maximum absolute atomic E-state index is 11.5. The van der Waals surface area contributed by atoms with E-state index in [0.29, 0.717) is 31.0 Å². The molecule has 0 radical (unpaired) electrons. The van der Waals surface area contributed by atoms with Crippen LogP contribution in [0.5, 0.6) is 5.88 Å². The van der Waals surface area contributed by atoms with Crippen molar-refractivity contribution in [3.8, 4) is 11.6 Å². The standard InChI is InChI=1S/C19H30N4O4Si/c1-14-16(10-8-11-20-14)22-15(2)17(23(24)25)18(21-22)26-12-9-13-27-28(6,7)19(3,4)5/h8,10-11H,9,12-13H2,1-7H3. The summed E-state index contributed by atoms with van der Waals surface area (Å²) >= 11 is 0. The van der Waals surface area contributed by atoms with Gasteiger partial charge in [0.1, 0.15) is 5.69 Å². The molecule has 2 rings (SSSR count). The fourth-order valence-corrected chi connectivity index (χ4v) is 3.57. The molecule has 0 aliphatic carbocycles. The van der Waals surface area contributed by atoms with Crippen LogP contribution in [0.4, 0.5) is 5.69 Å². The molecule has 0 saturated carbocycles. The molecule has 0 unspecified atom stereocenters. The minimum Gasteiger partial charge on any atom is -0.472 e. The lowest BCUT2D eigenvalue weighted by Gasteiger charge is -2.36. The first kappa shape index (κ1) is 22.0. The molecule has 0 saturated heterocycles. The highest BCUT2D eigenvalue weighted by Crippen LogP contribution is 2.36. The van der Waals surface area contributed by atoms with Crippen LogP contribution in [0.2, 0.25) is 18.1 Å². The van der Waals surface area contributed by atoms with Crippen molar-refractivity contribution in [2.24, 2.45) is 0 Å². The van der Waals surface area contributed by atoms with Gasteiger partial charge in [-0.25, -0.2) is 4.68 Å². The number of aryl methyl sites for hydroxylation is 1. The van der Waals surface area contributed by atoms with Crippen LogP contribution >= 0.6 is 0 Å². The van der Waals surface area contributed by atoms with E-state index < -0.39 is 13.2 Å². The van der Waals surface area contributed by atoms with Crippen LogP contribution < -0.4 is 4.74 Å². The van der Waals surface area contributed by atoms with Gasteiger partial charge < -0.3 is 9.16 Å². The molecule has 0 aliphatic rings. The number of hydrogen-bond acceptors (Lipinski definition) is 6. The van der Waals surface area contributed by atoms with Crippen molar-refractivity contribution in [3.63, 3.8) is 0 Å². The zero-order valence-corrected chi connectivity index (χ0v) is 18.8. The van der Waals surface area contributed by atoms with E-state index in [9.17, 15) is 10.1 Å². The van der Waals surface area contributed by atoms with Gasteiger partial charge in [0.05, 0.1) is 22.9 Å². The summed E-state index contributed by atoms with van der Waals surface area (Å²) in [5, 5.41) is 16.0. The van der Waals surface area contributed by atoms with Crippen molar-refractivity contribution in [3.05, 3.63) is 39.8 Å². The zero-order chi connectivity index (χ0) is 21.1. The van der Waals surface area contributed by atoms with Gasteiger partial charge in [-0.15, -0.1) is 5.10 Å². The highest BCUT2D eigenvalue weighted by Gasteiger charge is 2.36. The molecule has 0 fully saturated rings. The minimum atomic E-state index is -1.81. The maximum Gasteiger partial charge on any atom is 0.353 e. The Morgan fingerprint density at radius 2 is 1.93 bits per heavy atom. The van der Waals surface area contributed by atoms with Crippen molar-refractivity contribution in [1.29, 1.82) is 0 Å². The summed E-state index contributed by atoms with van der Waals surface area (Å²) in [5.41, 5.74) is 1.72. The van der Waals surface area contributed by atoms with E-state index in [1.165, 1.54) is 4.68 Å². The van der Waals surface area contributed by atoms with Crippen molar-refractivity contribution < 1.29 is 14.1 Å². The van der Waals surface area contributed by atoms with E-state index in [1.54, 1.807) is 19.2 Å².